The Kier molecular flexibility index (Phi) is 3.57. The fourth-order valence-electron chi connectivity index (χ4n) is 1.04. The molecule has 0 N–H and O–H groups in total. The summed E-state index contributed by atoms with van der Waals surface area (Å²) in [7, 11) is -3.60. The molecule has 0 aliphatic heterocycles. The number of carbonyl (C=O) groups is 1. The highest BCUT2D eigenvalue weighted by molar-refractivity contribution is 7.92. The van der Waals surface area contributed by atoms with Crippen LogP contribution in [0.4, 0.5) is 4.39 Å². The van der Waals surface area contributed by atoms with Crippen LogP contribution < -0.4 is 0 Å². The largest absolute Gasteiger partial charge is 0.299 e. The number of Topliss-reactive ketones (excluding diaryl/α,β-unsaturated/α-hetero) is 1. The van der Waals surface area contributed by atoms with Crippen molar-refractivity contribution in [3.8, 4) is 0 Å². The summed E-state index contributed by atoms with van der Waals surface area (Å²) in [6.07, 6.45) is 0.181. The van der Waals surface area contributed by atoms with E-state index in [4.69, 9.17) is 0 Å². The molecule has 1 rings (SSSR count). The Bertz CT molecular complexity index is 448. The van der Waals surface area contributed by atoms with Gasteiger partial charge in [0.2, 0.25) is 0 Å². The van der Waals surface area contributed by atoms with Crippen molar-refractivity contribution in [2.45, 2.75) is 18.2 Å². The van der Waals surface area contributed by atoms with Crippen LogP contribution in [0, 0.1) is 5.82 Å². The lowest BCUT2D eigenvalue weighted by molar-refractivity contribution is -0.116. The molecule has 0 saturated heterocycles. The lowest BCUT2D eigenvalue weighted by Gasteiger charge is -2.02. The third-order valence-electron chi connectivity index (χ3n) is 1.92. The van der Waals surface area contributed by atoms with E-state index in [9.17, 15) is 17.6 Å². The molecule has 0 atom stereocenters. The summed E-state index contributed by atoms with van der Waals surface area (Å²) in [6.45, 7) is 1.60. The average molecular weight is 230 g/mol. The maximum Gasteiger partial charge on any atom is 0.185 e. The Balaban J connectivity index is 2.96. The van der Waals surface area contributed by atoms with Crippen LogP contribution in [0.15, 0.2) is 29.2 Å². The van der Waals surface area contributed by atoms with Gasteiger partial charge in [0.15, 0.2) is 9.84 Å². The molecule has 0 aliphatic carbocycles. The third-order valence-corrected chi connectivity index (χ3v) is 3.61. The summed E-state index contributed by atoms with van der Waals surface area (Å²) < 4.78 is 35.7. The van der Waals surface area contributed by atoms with Crippen molar-refractivity contribution in [3.63, 3.8) is 0 Å². The maximum absolute atomic E-state index is 12.5. The summed E-state index contributed by atoms with van der Waals surface area (Å²) in [6, 6.07) is 4.44. The second-order valence-corrected chi connectivity index (χ2v) is 5.09. The van der Waals surface area contributed by atoms with Crippen LogP contribution in [0.2, 0.25) is 0 Å². The normalized spacial score (nSPS) is 11.3. The zero-order valence-electron chi connectivity index (χ0n) is 8.23. The smallest absolute Gasteiger partial charge is 0.185 e. The first kappa shape index (κ1) is 11.8. The first-order valence-electron chi connectivity index (χ1n) is 4.45. The van der Waals surface area contributed by atoms with Gasteiger partial charge in [-0.05, 0) is 24.3 Å². The summed E-state index contributed by atoms with van der Waals surface area (Å²) >= 11 is 0. The summed E-state index contributed by atoms with van der Waals surface area (Å²) in [5.74, 6) is -1.37. The minimum Gasteiger partial charge on any atom is -0.299 e. The lowest BCUT2D eigenvalue weighted by Crippen LogP contribution is -2.15. The molecular formula is C10H11FO3S. The number of benzene rings is 1. The maximum atomic E-state index is 12.5. The number of carbonyl (C=O) groups excluding carboxylic acids is 1. The van der Waals surface area contributed by atoms with E-state index in [0.29, 0.717) is 0 Å². The van der Waals surface area contributed by atoms with Gasteiger partial charge in [0.1, 0.15) is 17.4 Å². The Morgan fingerprint density at radius 3 is 2.27 bits per heavy atom. The molecule has 82 valence electrons. The quantitative estimate of drug-likeness (QED) is 0.738. The fraction of sp³-hybridized carbons (Fsp3) is 0.300. The van der Waals surface area contributed by atoms with Crippen molar-refractivity contribution in [1.82, 2.24) is 0 Å². The van der Waals surface area contributed by atoms with Gasteiger partial charge in [-0.25, -0.2) is 12.8 Å². The van der Waals surface area contributed by atoms with Crippen LogP contribution >= 0.6 is 0 Å². The van der Waals surface area contributed by atoms with E-state index in [1.807, 2.05) is 0 Å². The van der Waals surface area contributed by atoms with Crippen molar-refractivity contribution in [3.05, 3.63) is 30.1 Å². The molecule has 15 heavy (non-hydrogen) atoms. The predicted molar refractivity (Wildman–Crippen MR) is 53.8 cm³/mol. The second-order valence-electron chi connectivity index (χ2n) is 3.11. The highest BCUT2D eigenvalue weighted by Crippen LogP contribution is 2.12. The van der Waals surface area contributed by atoms with E-state index in [0.717, 1.165) is 24.3 Å². The summed E-state index contributed by atoms with van der Waals surface area (Å²) in [4.78, 5) is 11.0. The summed E-state index contributed by atoms with van der Waals surface area (Å²) in [5, 5.41) is 0. The van der Waals surface area contributed by atoms with Gasteiger partial charge in [0.25, 0.3) is 0 Å². The molecule has 0 unspecified atom stereocenters. The Hall–Kier alpha value is -1.23. The van der Waals surface area contributed by atoms with Gasteiger partial charge in [0, 0.05) is 6.42 Å². The van der Waals surface area contributed by atoms with Gasteiger partial charge in [0.05, 0.1) is 4.90 Å². The molecule has 1 aromatic carbocycles. The number of hydrogen-bond acceptors (Lipinski definition) is 3. The van der Waals surface area contributed by atoms with Crippen LogP contribution in [-0.2, 0) is 14.6 Å². The Morgan fingerprint density at radius 2 is 1.80 bits per heavy atom. The van der Waals surface area contributed by atoms with Crippen LogP contribution in [0.3, 0.4) is 0 Å². The van der Waals surface area contributed by atoms with E-state index >= 15 is 0 Å². The Morgan fingerprint density at radius 1 is 1.27 bits per heavy atom. The number of halogens is 1. The number of hydrogen-bond donors (Lipinski definition) is 0. The molecule has 0 fully saturated rings. The number of sulfone groups is 1. The van der Waals surface area contributed by atoms with Crippen LogP contribution in [0.1, 0.15) is 13.3 Å². The van der Waals surface area contributed by atoms with E-state index in [2.05, 4.69) is 0 Å². The molecule has 3 nitrogen and oxygen atoms in total. The molecule has 0 spiro atoms. The van der Waals surface area contributed by atoms with Crippen LogP contribution in [0.5, 0.6) is 0 Å². The van der Waals surface area contributed by atoms with Gasteiger partial charge in [-0.1, -0.05) is 6.92 Å². The minimum absolute atomic E-state index is 0.0225. The molecule has 0 aromatic heterocycles. The number of ketones is 1. The predicted octanol–water partition coefficient (Wildman–Crippen LogP) is 1.58. The fourth-order valence-corrected chi connectivity index (χ4v) is 2.38. The molecule has 0 aliphatic rings. The zero-order chi connectivity index (χ0) is 11.5. The monoisotopic (exact) mass is 230 g/mol. The van der Waals surface area contributed by atoms with E-state index < -0.39 is 21.4 Å². The third kappa shape index (κ3) is 3.13. The minimum atomic E-state index is -3.60. The number of rotatable bonds is 4. The molecule has 0 bridgehead atoms. The molecule has 0 amide bonds. The van der Waals surface area contributed by atoms with Crippen LogP contribution in [-0.4, -0.2) is 20.0 Å². The van der Waals surface area contributed by atoms with Gasteiger partial charge in [-0.15, -0.1) is 0 Å². The Labute approximate surface area is 87.8 Å². The second kappa shape index (κ2) is 4.53. The van der Waals surface area contributed by atoms with Gasteiger partial charge in [-0.2, -0.15) is 0 Å². The standard InChI is InChI=1S/C10H11FO3S/c1-2-9(12)7-15(13,14)10-5-3-8(11)4-6-10/h3-6H,2,7H2,1H3. The van der Waals surface area contributed by atoms with E-state index in [1.165, 1.54) is 0 Å². The van der Waals surface area contributed by atoms with Gasteiger partial charge < -0.3 is 0 Å². The molecule has 0 heterocycles. The van der Waals surface area contributed by atoms with Crippen molar-refractivity contribution < 1.29 is 17.6 Å². The van der Waals surface area contributed by atoms with Gasteiger partial charge >= 0.3 is 0 Å². The molecule has 1 aromatic rings. The van der Waals surface area contributed by atoms with Crippen molar-refractivity contribution in [2.24, 2.45) is 0 Å². The van der Waals surface area contributed by atoms with Crippen molar-refractivity contribution in [2.75, 3.05) is 5.75 Å². The SMILES string of the molecule is CCC(=O)CS(=O)(=O)c1ccc(F)cc1. The zero-order valence-corrected chi connectivity index (χ0v) is 9.05. The first-order chi connectivity index (χ1) is 6.95. The lowest BCUT2D eigenvalue weighted by atomic mass is 10.3. The van der Waals surface area contributed by atoms with Crippen LogP contribution in [0.25, 0.3) is 0 Å². The van der Waals surface area contributed by atoms with Crippen molar-refractivity contribution in [1.29, 1.82) is 0 Å². The van der Waals surface area contributed by atoms with E-state index in [-0.39, 0.29) is 17.1 Å². The highest BCUT2D eigenvalue weighted by atomic mass is 32.2. The molecule has 0 saturated carbocycles. The van der Waals surface area contributed by atoms with Gasteiger partial charge in [-0.3, -0.25) is 4.79 Å². The molecular weight excluding hydrogens is 219 g/mol. The van der Waals surface area contributed by atoms with Crippen molar-refractivity contribution >= 4 is 15.6 Å². The topological polar surface area (TPSA) is 51.2 Å². The van der Waals surface area contributed by atoms with E-state index in [1.54, 1.807) is 6.92 Å². The molecule has 0 radical (unpaired) electrons. The molecule has 5 heteroatoms. The summed E-state index contributed by atoms with van der Waals surface area (Å²) in [5.41, 5.74) is 0. The first-order valence-corrected chi connectivity index (χ1v) is 6.11. The average Bonchev–Trinajstić information content (AvgIpc) is 2.17. The highest BCUT2D eigenvalue weighted by Gasteiger charge is 2.17.